The van der Waals surface area contributed by atoms with Crippen molar-refractivity contribution in [2.24, 2.45) is 5.73 Å². The van der Waals surface area contributed by atoms with Crippen molar-refractivity contribution < 1.29 is 28.2 Å². The van der Waals surface area contributed by atoms with E-state index in [1.165, 1.54) is 31.3 Å². The average molecular weight is 514 g/mol. The number of ether oxygens (including phenoxy) is 3. The topological polar surface area (TPSA) is 115 Å². The van der Waals surface area contributed by atoms with Crippen LogP contribution in [0, 0.1) is 17.1 Å². The summed E-state index contributed by atoms with van der Waals surface area (Å²) in [6.07, 6.45) is 0. The molecular formula is C29H24FN3O5. The minimum Gasteiger partial charge on any atom is -0.489 e. The van der Waals surface area contributed by atoms with Gasteiger partial charge >= 0.3 is 11.9 Å². The molecule has 38 heavy (non-hydrogen) atoms. The maximum Gasteiger partial charge on any atom is 0.355 e. The number of rotatable bonds is 7. The summed E-state index contributed by atoms with van der Waals surface area (Å²) in [5.41, 5.74) is 7.91. The van der Waals surface area contributed by atoms with Crippen molar-refractivity contribution in [3.63, 3.8) is 0 Å². The molecule has 0 saturated carbocycles. The lowest BCUT2D eigenvalue weighted by Crippen LogP contribution is -2.40. The minimum absolute atomic E-state index is 0.0390. The second-order valence-electron chi connectivity index (χ2n) is 8.25. The van der Waals surface area contributed by atoms with Gasteiger partial charge in [0, 0.05) is 5.69 Å². The van der Waals surface area contributed by atoms with E-state index < -0.39 is 17.9 Å². The lowest BCUT2D eigenvalue weighted by Gasteiger charge is -2.35. The number of allylic oxidation sites excluding steroid dienone is 1. The first-order chi connectivity index (χ1) is 18.4. The van der Waals surface area contributed by atoms with Crippen LogP contribution < -0.4 is 15.4 Å². The van der Waals surface area contributed by atoms with Crippen LogP contribution in [0.3, 0.4) is 0 Å². The van der Waals surface area contributed by atoms with Crippen LogP contribution in [0.2, 0.25) is 0 Å². The molecular weight excluding hydrogens is 489 g/mol. The van der Waals surface area contributed by atoms with Gasteiger partial charge in [-0.05, 0) is 47.5 Å². The van der Waals surface area contributed by atoms with Crippen molar-refractivity contribution in [3.05, 3.63) is 118 Å². The van der Waals surface area contributed by atoms with Gasteiger partial charge in [0.25, 0.3) is 0 Å². The van der Waals surface area contributed by atoms with Crippen molar-refractivity contribution in [1.82, 2.24) is 0 Å². The smallest absolute Gasteiger partial charge is 0.355 e. The van der Waals surface area contributed by atoms with Gasteiger partial charge in [-0.3, -0.25) is 4.90 Å². The number of hydrogen-bond acceptors (Lipinski definition) is 8. The van der Waals surface area contributed by atoms with E-state index in [0.29, 0.717) is 22.6 Å². The molecule has 192 valence electrons. The molecule has 1 heterocycles. The van der Waals surface area contributed by atoms with Crippen LogP contribution in [0.1, 0.15) is 17.0 Å². The Morgan fingerprint density at radius 1 is 0.974 bits per heavy atom. The Labute approximate surface area is 218 Å². The van der Waals surface area contributed by atoms with Gasteiger partial charge in [0.05, 0.1) is 37.4 Å². The average Bonchev–Trinajstić information content (AvgIpc) is 2.95. The summed E-state index contributed by atoms with van der Waals surface area (Å²) in [5, 5.41) is 10.1. The Kier molecular flexibility index (Phi) is 7.73. The summed E-state index contributed by atoms with van der Waals surface area (Å²) in [5.74, 6) is -2.52. The highest BCUT2D eigenvalue weighted by Crippen LogP contribution is 2.43. The predicted molar refractivity (Wildman–Crippen MR) is 137 cm³/mol. The lowest BCUT2D eigenvalue weighted by atomic mass is 9.81. The van der Waals surface area contributed by atoms with E-state index >= 15 is 0 Å². The predicted octanol–water partition coefficient (Wildman–Crippen LogP) is 4.30. The lowest BCUT2D eigenvalue weighted by molar-refractivity contribution is -0.139. The van der Waals surface area contributed by atoms with E-state index in [1.54, 1.807) is 66.7 Å². The van der Waals surface area contributed by atoms with Crippen LogP contribution in [0.15, 0.2) is 102 Å². The molecule has 1 atom stereocenters. The molecule has 0 fully saturated rings. The molecule has 0 saturated heterocycles. The van der Waals surface area contributed by atoms with Crippen molar-refractivity contribution in [1.29, 1.82) is 5.26 Å². The van der Waals surface area contributed by atoms with Crippen LogP contribution in [0.5, 0.6) is 5.75 Å². The Morgan fingerprint density at radius 3 is 2.26 bits per heavy atom. The first-order valence-corrected chi connectivity index (χ1v) is 11.5. The minimum atomic E-state index is -0.951. The molecule has 0 amide bonds. The van der Waals surface area contributed by atoms with E-state index in [0.717, 1.165) is 0 Å². The van der Waals surface area contributed by atoms with Gasteiger partial charge < -0.3 is 19.9 Å². The van der Waals surface area contributed by atoms with E-state index in [-0.39, 0.29) is 35.1 Å². The van der Waals surface area contributed by atoms with Gasteiger partial charge in [-0.25, -0.2) is 14.0 Å². The number of nitrogens with zero attached hydrogens (tertiary/aromatic N) is 2. The van der Waals surface area contributed by atoms with Crippen molar-refractivity contribution in [3.8, 4) is 11.8 Å². The monoisotopic (exact) mass is 513 g/mol. The van der Waals surface area contributed by atoms with Crippen LogP contribution >= 0.6 is 0 Å². The number of carbonyl (C=O) groups is 2. The third-order valence-electron chi connectivity index (χ3n) is 6.00. The first kappa shape index (κ1) is 26.0. The van der Waals surface area contributed by atoms with Gasteiger partial charge in [-0.1, -0.05) is 42.5 Å². The number of esters is 2. The fourth-order valence-corrected chi connectivity index (χ4v) is 4.27. The number of nitrogens with two attached hydrogens (primary N) is 1. The normalized spacial score (nSPS) is 15.1. The van der Waals surface area contributed by atoms with E-state index in [9.17, 15) is 19.2 Å². The zero-order chi connectivity index (χ0) is 27.2. The number of anilines is 1. The van der Waals surface area contributed by atoms with Gasteiger partial charge in [0.1, 0.15) is 29.7 Å². The van der Waals surface area contributed by atoms with Gasteiger partial charge in [-0.2, -0.15) is 5.26 Å². The molecule has 8 nitrogen and oxygen atoms in total. The van der Waals surface area contributed by atoms with Crippen molar-refractivity contribution >= 4 is 17.6 Å². The Balaban J connectivity index is 1.79. The summed E-state index contributed by atoms with van der Waals surface area (Å²) in [6.45, 7) is 0.139. The highest BCUT2D eigenvalue weighted by Gasteiger charge is 2.42. The van der Waals surface area contributed by atoms with Crippen LogP contribution in [-0.2, 0) is 25.7 Å². The van der Waals surface area contributed by atoms with Crippen LogP contribution in [0.4, 0.5) is 10.1 Å². The highest BCUT2D eigenvalue weighted by molar-refractivity contribution is 6.06. The summed E-state index contributed by atoms with van der Waals surface area (Å²) >= 11 is 0. The second-order valence-corrected chi connectivity index (χ2v) is 8.25. The second kappa shape index (κ2) is 11.3. The molecule has 3 aromatic rings. The Bertz CT molecular complexity index is 1460. The fourth-order valence-electron chi connectivity index (χ4n) is 4.27. The summed E-state index contributed by atoms with van der Waals surface area (Å²) in [4.78, 5) is 27.5. The quantitative estimate of drug-likeness (QED) is 0.465. The molecule has 1 unspecified atom stereocenters. The van der Waals surface area contributed by atoms with Crippen molar-refractivity contribution in [2.45, 2.75) is 12.5 Å². The van der Waals surface area contributed by atoms with Gasteiger partial charge in [-0.15, -0.1) is 0 Å². The number of methoxy groups -OCH3 is 2. The molecule has 1 aliphatic rings. The SMILES string of the molecule is COC(=O)C1=C(C(=O)OC)N(c2ccc(OCc3cccc(F)c3)cc2)C(N)=C(C#N)C1c1ccccc1. The molecule has 0 radical (unpaired) electrons. The summed E-state index contributed by atoms with van der Waals surface area (Å²) < 4.78 is 29.3. The Morgan fingerprint density at radius 2 is 1.66 bits per heavy atom. The molecule has 2 N–H and O–H groups in total. The number of carbonyl (C=O) groups excluding carboxylic acids is 2. The number of hydrogen-bond donors (Lipinski definition) is 1. The van der Waals surface area contributed by atoms with Crippen molar-refractivity contribution in [2.75, 3.05) is 19.1 Å². The van der Waals surface area contributed by atoms with Crippen LogP contribution in [-0.4, -0.2) is 26.2 Å². The van der Waals surface area contributed by atoms with E-state index in [4.69, 9.17) is 19.9 Å². The largest absolute Gasteiger partial charge is 0.489 e. The maximum absolute atomic E-state index is 13.5. The summed E-state index contributed by atoms with van der Waals surface area (Å²) in [7, 11) is 2.37. The standard InChI is InChI=1S/C29H24FN3O5/c1-36-28(34)25-24(19-8-4-3-5-9-19)23(16-31)27(32)33(26(25)29(35)37-2)21-11-13-22(14-12-21)38-17-18-7-6-10-20(30)15-18/h3-15,24H,17,32H2,1-2H3. The molecule has 1 aliphatic heterocycles. The third-order valence-corrected chi connectivity index (χ3v) is 6.00. The molecule has 0 spiro atoms. The zero-order valence-electron chi connectivity index (χ0n) is 20.7. The molecule has 3 aromatic carbocycles. The van der Waals surface area contributed by atoms with E-state index in [1.807, 2.05) is 0 Å². The molecule has 4 rings (SSSR count). The number of benzene rings is 3. The van der Waals surface area contributed by atoms with Crippen LogP contribution in [0.25, 0.3) is 0 Å². The third kappa shape index (κ3) is 5.06. The van der Waals surface area contributed by atoms with Gasteiger partial charge in [0.15, 0.2) is 0 Å². The molecule has 0 aliphatic carbocycles. The highest BCUT2D eigenvalue weighted by atomic mass is 19.1. The molecule has 9 heteroatoms. The van der Waals surface area contributed by atoms with E-state index in [2.05, 4.69) is 6.07 Å². The van der Waals surface area contributed by atoms with Gasteiger partial charge in [0.2, 0.25) is 0 Å². The number of nitriles is 1. The first-order valence-electron chi connectivity index (χ1n) is 11.5. The molecule has 0 aromatic heterocycles. The molecule has 0 bridgehead atoms. The maximum atomic E-state index is 13.5. The fraction of sp³-hybridized carbons (Fsp3) is 0.138. The Hall–Kier alpha value is -5.10. The number of halogens is 1. The summed E-state index contributed by atoms with van der Waals surface area (Å²) in [6, 6.07) is 23.4. The zero-order valence-corrected chi connectivity index (χ0v) is 20.7.